The number of hydrogen-bond donors (Lipinski definition) is 2. The highest BCUT2D eigenvalue weighted by Gasteiger charge is 2.24. The molecule has 1 atom stereocenters. The van der Waals surface area contributed by atoms with Gasteiger partial charge in [-0.25, -0.2) is 4.39 Å². The van der Waals surface area contributed by atoms with E-state index in [0.29, 0.717) is 0 Å². The molecule has 0 saturated carbocycles. The molecular weight excluding hydrogens is 259 g/mol. The fourth-order valence-corrected chi connectivity index (χ4v) is 1.67. The normalized spacial score (nSPS) is 13.3. The Morgan fingerprint density at radius 2 is 1.95 bits per heavy atom. The quantitative estimate of drug-likeness (QED) is 0.835. The van der Waals surface area contributed by atoms with E-state index in [9.17, 15) is 14.3 Å². The van der Waals surface area contributed by atoms with Crippen LogP contribution >= 0.6 is 0 Å². The van der Waals surface area contributed by atoms with Crippen LogP contribution in [0.2, 0.25) is 0 Å². The Balaban J connectivity index is 2.56. The summed E-state index contributed by atoms with van der Waals surface area (Å²) in [4.78, 5) is 13.7. The highest BCUT2D eigenvalue weighted by atomic mass is 19.1. The molecular formula is C15H23FN2O2. The summed E-state index contributed by atoms with van der Waals surface area (Å²) in [6, 6.07) is 5.87. The number of aliphatic hydroxyl groups is 1. The Morgan fingerprint density at radius 1 is 1.40 bits per heavy atom. The van der Waals surface area contributed by atoms with Crippen molar-refractivity contribution in [2.24, 2.45) is 0 Å². The molecule has 0 aliphatic carbocycles. The van der Waals surface area contributed by atoms with E-state index in [1.54, 1.807) is 24.1 Å². The van der Waals surface area contributed by atoms with Crippen LogP contribution in [-0.2, 0) is 4.79 Å². The fourth-order valence-electron chi connectivity index (χ4n) is 1.67. The number of aliphatic hydroxyl groups excluding tert-OH is 1. The number of carbonyl (C=O) groups is 1. The van der Waals surface area contributed by atoms with Gasteiger partial charge in [-0.3, -0.25) is 9.69 Å². The molecule has 0 aliphatic heterocycles. The van der Waals surface area contributed by atoms with Gasteiger partial charge in [0.2, 0.25) is 5.91 Å². The summed E-state index contributed by atoms with van der Waals surface area (Å²) in [6.07, 6.45) is 0. The van der Waals surface area contributed by atoms with Crippen molar-refractivity contribution < 1.29 is 14.3 Å². The number of hydrogen-bond acceptors (Lipinski definition) is 3. The lowest BCUT2D eigenvalue weighted by Gasteiger charge is -2.33. The summed E-state index contributed by atoms with van der Waals surface area (Å²) >= 11 is 0. The van der Waals surface area contributed by atoms with Crippen LogP contribution in [0.15, 0.2) is 24.3 Å². The molecule has 4 nitrogen and oxygen atoms in total. The number of nitrogens with zero attached hydrogens (tertiary/aromatic N) is 1. The molecule has 0 aromatic heterocycles. The van der Waals surface area contributed by atoms with Gasteiger partial charge in [0.1, 0.15) is 5.82 Å². The lowest BCUT2D eigenvalue weighted by Crippen LogP contribution is -2.49. The van der Waals surface area contributed by atoms with Crippen LogP contribution in [0, 0.1) is 5.82 Å². The van der Waals surface area contributed by atoms with Crippen LogP contribution in [0.3, 0.4) is 0 Å². The van der Waals surface area contributed by atoms with Crippen LogP contribution in [0.5, 0.6) is 0 Å². The Bertz CT molecular complexity index is 446. The summed E-state index contributed by atoms with van der Waals surface area (Å²) < 4.78 is 12.8. The Labute approximate surface area is 119 Å². The van der Waals surface area contributed by atoms with E-state index in [1.807, 2.05) is 20.8 Å². The summed E-state index contributed by atoms with van der Waals surface area (Å²) in [6.45, 7) is 5.75. The molecule has 0 radical (unpaired) electrons. The number of amides is 1. The second-order valence-corrected chi connectivity index (χ2v) is 5.67. The Hall–Kier alpha value is -1.46. The van der Waals surface area contributed by atoms with Crippen LogP contribution in [-0.4, -0.2) is 41.7 Å². The maximum absolute atomic E-state index is 12.8. The number of likely N-dealkylation sites (N-methyl/N-ethyl adjacent to an activating group) is 1. The van der Waals surface area contributed by atoms with Crippen molar-refractivity contribution in [3.8, 4) is 0 Å². The first kappa shape index (κ1) is 16.6. The van der Waals surface area contributed by atoms with Gasteiger partial charge in [-0.2, -0.15) is 0 Å². The van der Waals surface area contributed by atoms with Gasteiger partial charge in [0.25, 0.3) is 0 Å². The van der Waals surface area contributed by atoms with Crippen LogP contribution < -0.4 is 5.32 Å². The minimum Gasteiger partial charge on any atom is -0.394 e. The fraction of sp³-hybridized carbons (Fsp3) is 0.533. The molecule has 0 bridgehead atoms. The van der Waals surface area contributed by atoms with Gasteiger partial charge in [0.15, 0.2) is 0 Å². The second kappa shape index (κ2) is 6.81. The first-order chi connectivity index (χ1) is 9.26. The molecule has 1 unspecified atom stereocenters. The molecule has 1 aromatic rings. The van der Waals surface area contributed by atoms with Crippen LogP contribution in [0.4, 0.5) is 4.39 Å². The van der Waals surface area contributed by atoms with Crippen molar-refractivity contribution in [1.29, 1.82) is 0 Å². The van der Waals surface area contributed by atoms with Crippen molar-refractivity contribution >= 4 is 5.91 Å². The molecule has 1 aromatic carbocycles. The summed E-state index contributed by atoms with van der Waals surface area (Å²) in [7, 11) is 1.79. The number of carbonyl (C=O) groups excluding carboxylic acids is 1. The summed E-state index contributed by atoms with van der Waals surface area (Å²) in [5.41, 5.74) is 0.403. The minimum atomic E-state index is -0.448. The van der Waals surface area contributed by atoms with E-state index in [-0.39, 0.29) is 30.9 Å². The highest BCUT2D eigenvalue weighted by Crippen LogP contribution is 2.14. The number of rotatable bonds is 6. The van der Waals surface area contributed by atoms with Crippen molar-refractivity contribution in [1.82, 2.24) is 10.2 Å². The molecule has 0 saturated heterocycles. The van der Waals surface area contributed by atoms with Crippen molar-refractivity contribution in [2.75, 3.05) is 20.2 Å². The third-order valence-corrected chi connectivity index (χ3v) is 3.55. The standard InChI is InChI=1S/C15H23FN2O2/c1-11(12-5-7-13(16)8-6-12)17-14(20)9-18(4)15(2,3)10-19/h5-8,11,19H,9-10H2,1-4H3,(H,17,20). The Morgan fingerprint density at radius 3 is 2.45 bits per heavy atom. The molecule has 112 valence electrons. The van der Waals surface area contributed by atoms with Gasteiger partial charge in [0, 0.05) is 5.54 Å². The average molecular weight is 282 g/mol. The highest BCUT2D eigenvalue weighted by molar-refractivity contribution is 5.78. The van der Waals surface area contributed by atoms with Gasteiger partial charge in [-0.1, -0.05) is 12.1 Å². The van der Waals surface area contributed by atoms with E-state index in [2.05, 4.69) is 5.32 Å². The summed E-state index contributed by atoms with van der Waals surface area (Å²) in [5, 5.41) is 12.1. The van der Waals surface area contributed by atoms with Crippen molar-refractivity contribution in [3.63, 3.8) is 0 Å². The van der Waals surface area contributed by atoms with Gasteiger partial charge < -0.3 is 10.4 Å². The third kappa shape index (κ3) is 4.58. The van der Waals surface area contributed by atoms with Crippen LogP contribution in [0.1, 0.15) is 32.4 Å². The van der Waals surface area contributed by atoms with E-state index in [0.717, 1.165) is 5.56 Å². The molecule has 1 rings (SSSR count). The molecule has 2 N–H and O–H groups in total. The molecule has 5 heteroatoms. The first-order valence-corrected chi connectivity index (χ1v) is 6.63. The zero-order valence-electron chi connectivity index (χ0n) is 12.5. The maximum Gasteiger partial charge on any atom is 0.234 e. The summed E-state index contributed by atoms with van der Waals surface area (Å²) in [5.74, 6) is -0.428. The second-order valence-electron chi connectivity index (χ2n) is 5.67. The largest absolute Gasteiger partial charge is 0.394 e. The van der Waals surface area contributed by atoms with E-state index in [4.69, 9.17) is 0 Å². The molecule has 0 spiro atoms. The van der Waals surface area contributed by atoms with E-state index in [1.165, 1.54) is 12.1 Å². The molecule has 1 amide bonds. The van der Waals surface area contributed by atoms with Crippen molar-refractivity contribution in [3.05, 3.63) is 35.6 Å². The van der Waals surface area contributed by atoms with Gasteiger partial charge in [-0.15, -0.1) is 0 Å². The number of nitrogens with one attached hydrogen (secondary N) is 1. The van der Waals surface area contributed by atoms with Gasteiger partial charge >= 0.3 is 0 Å². The maximum atomic E-state index is 12.8. The molecule has 0 heterocycles. The number of benzene rings is 1. The van der Waals surface area contributed by atoms with Crippen molar-refractivity contribution in [2.45, 2.75) is 32.4 Å². The zero-order chi connectivity index (χ0) is 15.3. The average Bonchev–Trinajstić information content (AvgIpc) is 2.39. The lowest BCUT2D eigenvalue weighted by atomic mass is 10.1. The van der Waals surface area contributed by atoms with Gasteiger partial charge in [0.05, 0.1) is 19.2 Å². The minimum absolute atomic E-state index is 0.0235. The smallest absolute Gasteiger partial charge is 0.234 e. The lowest BCUT2D eigenvalue weighted by molar-refractivity contribution is -0.124. The predicted molar refractivity (Wildman–Crippen MR) is 76.8 cm³/mol. The third-order valence-electron chi connectivity index (χ3n) is 3.55. The van der Waals surface area contributed by atoms with Crippen LogP contribution in [0.25, 0.3) is 0 Å². The first-order valence-electron chi connectivity index (χ1n) is 6.63. The Kier molecular flexibility index (Phi) is 5.65. The molecule has 0 aliphatic rings. The van der Waals surface area contributed by atoms with E-state index < -0.39 is 5.54 Å². The SMILES string of the molecule is CC(NC(=O)CN(C)C(C)(C)CO)c1ccc(F)cc1. The van der Waals surface area contributed by atoms with E-state index >= 15 is 0 Å². The number of halogens is 1. The molecule has 0 fully saturated rings. The molecule has 20 heavy (non-hydrogen) atoms. The zero-order valence-corrected chi connectivity index (χ0v) is 12.5. The van der Waals surface area contributed by atoms with Gasteiger partial charge in [-0.05, 0) is 45.5 Å². The predicted octanol–water partition coefficient (Wildman–Crippen LogP) is 1.71. The monoisotopic (exact) mass is 282 g/mol. The topological polar surface area (TPSA) is 52.6 Å².